The highest BCUT2D eigenvalue weighted by molar-refractivity contribution is 6.00. The molecule has 5 nitrogen and oxygen atoms in total. The summed E-state index contributed by atoms with van der Waals surface area (Å²) in [4.78, 5) is 26.9. The molecule has 1 saturated heterocycles. The lowest BCUT2D eigenvalue weighted by Crippen LogP contribution is -2.70. The Balaban J connectivity index is 2.03. The van der Waals surface area contributed by atoms with Gasteiger partial charge in [-0.2, -0.15) is 0 Å². The van der Waals surface area contributed by atoms with E-state index in [9.17, 15) is 9.59 Å². The fourth-order valence-electron chi connectivity index (χ4n) is 3.08. The summed E-state index contributed by atoms with van der Waals surface area (Å²) in [6, 6.07) is -0.375. The Morgan fingerprint density at radius 1 is 1.29 bits per heavy atom. The van der Waals surface area contributed by atoms with Crippen LogP contribution in [-0.4, -0.2) is 48.1 Å². The van der Waals surface area contributed by atoms with Gasteiger partial charge in [-0.15, -0.1) is 0 Å². The number of rotatable bonds is 8. The minimum Gasteiger partial charge on any atom is -0.380 e. The summed E-state index contributed by atoms with van der Waals surface area (Å²) >= 11 is 0. The Morgan fingerprint density at radius 2 is 2.00 bits per heavy atom. The number of hydrogen-bond donors (Lipinski definition) is 1. The van der Waals surface area contributed by atoms with Crippen molar-refractivity contribution in [1.29, 1.82) is 0 Å². The van der Waals surface area contributed by atoms with E-state index in [4.69, 9.17) is 4.74 Å². The molecule has 120 valence electrons. The number of ether oxygens (including phenoxy) is 1. The van der Waals surface area contributed by atoms with Gasteiger partial charge in [0.15, 0.2) is 0 Å². The van der Waals surface area contributed by atoms with Crippen molar-refractivity contribution in [2.75, 3.05) is 19.8 Å². The van der Waals surface area contributed by atoms with Gasteiger partial charge in [0.25, 0.3) is 0 Å². The highest BCUT2D eigenvalue weighted by Crippen LogP contribution is 2.44. The van der Waals surface area contributed by atoms with Crippen LogP contribution >= 0.6 is 0 Å². The third kappa shape index (κ3) is 3.23. The Labute approximate surface area is 127 Å². The van der Waals surface area contributed by atoms with Gasteiger partial charge in [-0.3, -0.25) is 9.59 Å². The molecular weight excluding hydrogens is 268 g/mol. The predicted molar refractivity (Wildman–Crippen MR) is 80.8 cm³/mol. The van der Waals surface area contributed by atoms with E-state index in [1.165, 1.54) is 0 Å². The maximum absolute atomic E-state index is 12.6. The molecule has 1 aliphatic heterocycles. The first-order valence-electron chi connectivity index (χ1n) is 8.25. The first kappa shape index (κ1) is 16.3. The number of nitrogens with zero attached hydrogens (tertiary/aromatic N) is 1. The molecule has 1 N–H and O–H groups in total. The number of amides is 2. The monoisotopic (exact) mass is 296 g/mol. The molecule has 5 heteroatoms. The van der Waals surface area contributed by atoms with Crippen molar-refractivity contribution in [2.24, 2.45) is 5.92 Å². The minimum atomic E-state index is -0.684. The molecule has 2 amide bonds. The molecule has 2 aliphatic rings. The number of carbonyl (C=O) groups excluding carboxylic acids is 2. The molecule has 2 atom stereocenters. The van der Waals surface area contributed by atoms with Crippen LogP contribution in [0.25, 0.3) is 0 Å². The summed E-state index contributed by atoms with van der Waals surface area (Å²) in [6.07, 6.45) is 4.83. The van der Waals surface area contributed by atoms with Crippen LogP contribution in [0.15, 0.2) is 0 Å². The molecule has 0 radical (unpaired) electrons. The van der Waals surface area contributed by atoms with Gasteiger partial charge in [-0.1, -0.05) is 20.3 Å². The lowest BCUT2D eigenvalue weighted by atomic mass is 9.87. The number of unbranched alkanes of at least 4 members (excludes halogenated alkanes) is 1. The summed E-state index contributed by atoms with van der Waals surface area (Å²) in [7, 11) is 0. The Morgan fingerprint density at radius 3 is 2.57 bits per heavy atom. The minimum absolute atomic E-state index is 0.00464. The fourth-order valence-corrected chi connectivity index (χ4v) is 3.08. The zero-order chi connectivity index (χ0) is 15.5. The predicted octanol–water partition coefficient (Wildman–Crippen LogP) is 1.71. The van der Waals surface area contributed by atoms with Crippen molar-refractivity contribution in [2.45, 2.75) is 64.5 Å². The number of piperazine rings is 1. The molecule has 0 spiro atoms. The van der Waals surface area contributed by atoms with E-state index in [2.05, 4.69) is 12.2 Å². The van der Waals surface area contributed by atoms with E-state index in [1.807, 2.05) is 13.8 Å². The SMILES string of the molecule is CCCCOCCN1C(=O)C(CC)NC(=O)C1(C)C1CC1. The Bertz CT molecular complexity index is 395. The molecule has 0 bridgehead atoms. The van der Waals surface area contributed by atoms with Crippen molar-refractivity contribution >= 4 is 11.8 Å². The maximum Gasteiger partial charge on any atom is 0.246 e. The Kier molecular flexibility index (Phi) is 5.25. The summed E-state index contributed by atoms with van der Waals surface area (Å²) in [6.45, 7) is 7.71. The molecule has 0 aromatic heterocycles. The first-order chi connectivity index (χ1) is 10.1. The van der Waals surface area contributed by atoms with Crippen molar-refractivity contribution in [3.63, 3.8) is 0 Å². The van der Waals surface area contributed by atoms with Gasteiger partial charge < -0.3 is 15.0 Å². The lowest BCUT2D eigenvalue weighted by molar-refractivity contribution is -0.159. The molecule has 21 heavy (non-hydrogen) atoms. The molecule has 1 saturated carbocycles. The van der Waals surface area contributed by atoms with Gasteiger partial charge >= 0.3 is 0 Å². The summed E-state index contributed by atoms with van der Waals surface area (Å²) in [5.74, 6) is 0.352. The van der Waals surface area contributed by atoms with Gasteiger partial charge in [0.1, 0.15) is 11.6 Å². The molecule has 2 unspecified atom stereocenters. The first-order valence-corrected chi connectivity index (χ1v) is 8.25. The second-order valence-electron chi connectivity index (χ2n) is 6.31. The van der Waals surface area contributed by atoms with Gasteiger partial charge in [-0.25, -0.2) is 0 Å². The topological polar surface area (TPSA) is 58.6 Å². The molecule has 1 heterocycles. The van der Waals surface area contributed by atoms with Crippen LogP contribution in [0.5, 0.6) is 0 Å². The third-order valence-corrected chi connectivity index (χ3v) is 4.77. The normalized spacial score (nSPS) is 29.7. The molecule has 2 fully saturated rings. The summed E-state index contributed by atoms with van der Waals surface area (Å²) in [5.41, 5.74) is -0.684. The van der Waals surface area contributed by atoms with Crippen LogP contribution in [0, 0.1) is 5.92 Å². The zero-order valence-corrected chi connectivity index (χ0v) is 13.5. The van der Waals surface area contributed by atoms with E-state index < -0.39 is 5.54 Å². The Hall–Kier alpha value is -1.10. The smallest absolute Gasteiger partial charge is 0.246 e. The van der Waals surface area contributed by atoms with E-state index in [0.29, 0.717) is 25.5 Å². The second-order valence-corrected chi connectivity index (χ2v) is 6.31. The van der Waals surface area contributed by atoms with Crippen molar-refractivity contribution in [3.8, 4) is 0 Å². The van der Waals surface area contributed by atoms with E-state index in [-0.39, 0.29) is 17.9 Å². The molecular formula is C16H28N2O3. The largest absolute Gasteiger partial charge is 0.380 e. The van der Waals surface area contributed by atoms with Gasteiger partial charge in [0.2, 0.25) is 11.8 Å². The van der Waals surface area contributed by atoms with Crippen molar-refractivity contribution in [1.82, 2.24) is 10.2 Å². The average molecular weight is 296 g/mol. The van der Waals surface area contributed by atoms with E-state index in [1.54, 1.807) is 4.90 Å². The maximum atomic E-state index is 12.6. The quantitative estimate of drug-likeness (QED) is 0.694. The van der Waals surface area contributed by atoms with E-state index in [0.717, 1.165) is 32.3 Å². The average Bonchev–Trinajstić information content (AvgIpc) is 3.30. The van der Waals surface area contributed by atoms with Gasteiger partial charge in [-0.05, 0) is 38.5 Å². The van der Waals surface area contributed by atoms with Crippen LogP contribution in [0.2, 0.25) is 0 Å². The standard InChI is InChI=1S/C16H28N2O3/c1-4-6-10-21-11-9-18-14(19)13(5-2)17-15(20)16(18,3)12-7-8-12/h12-13H,4-11H2,1-3H3,(H,17,20). The molecule has 0 aromatic rings. The number of hydrogen-bond acceptors (Lipinski definition) is 3. The van der Waals surface area contributed by atoms with Crippen molar-refractivity contribution < 1.29 is 14.3 Å². The number of nitrogens with one attached hydrogen (secondary N) is 1. The summed E-state index contributed by atoms with van der Waals surface area (Å²) < 4.78 is 5.60. The molecule has 2 rings (SSSR count). The number of carbonyl (C=O) groups is 2. The van der Waals surface area contributed by atoms with Crippen LogP contribution in [-0.2, 0) is 14.3 Å². The van der Waals surface area contributed by atoms with Gasteiger partial charge in [0, 0.05) is 13.2 Å². The summed E-state index contributed by atoms with van der Waals surface area (Å²) in [5, 5.41) is 2.90. The van der Waals surface area contributed by atoms with Crippen LogP contribution < -0.4 is 5.32 Å². The highest BCUT2D eigenvalue weighted by Gasteiger charge is 2.56. The van der Waals surface area contributed by atoms with Crippen LogP contribution in [0.3, 0.4) is 0 Å². The third-order valence-electron chi connectivity index (χ3n) is 4.77. The zero-order valence-electron chi connectivity index (χ0n) is 13.5. The van der Waals surface area contributed by atoms with E-state index >= 15 is 0 Å². The highest BCUT2D eigenvalue weighted by atomic mass is 16.5. The molecule has 1 aliphatic carbocycles. The van der Waals surface area contributed by atoms with Gasteiger partial charge in [0.05, 0.1) is 6.61 Å². The van der Waals surface area contributed by atoms with Crippen LogP contribution in [0.4, 0.5) is 0 Å². The second kappa shape index (κ2) is 6.77. The molecule has 0 aromatic carbocycles. The van der Waals surface area contributed by atoms with Crippen molar-refractivity contribution in [3.05, 3.63) is 0 Å². The fraction of sp³-hybridized carbons (Fsp3) is 0.875. The van der Waals surface area contributed by atoms with Crippen LogP contribution in [0.1, 0.15) is 52.9 Å². The lowest BCUT2D eigenvalue weighted by Gasteiger charge is -2.46.